The zero-order valence-corrected chi connectivity index (χ0v) is 16.9. The molecule has 6 heteroatoms. The van der Waals surface area contributed by atoms with Crippen LogP contribution in [0.4, 0.5) is 0 Å². The van der Waals surface area contributed by atoms with Gasteiger partial charge in [-0.1, -0.05) is 30.3 Å². The van der Waals surface area contributed by atoms with Crippen molar-refractivity contribution in [1.82, 2.24) is 9.78 Å². The molecule has 0 unspecified atom stereocenters. The lowest BCUT2D eigenvalue weighted by atomic mass is 10.1. The molecule has 6 nitrogen and oxygen atoms in total. The summed E-state index contributed by atoms with van der Waals surface area (Å²) in [7, 11) is 1.58. The van der Waals surface area contributed by atoms with Gasteiger partial charge in [-0.25, -0.2) is 9.48 Å². The molecule has 0 spiro atoms. The van der Waals surface area contributed by atoms with E-state index in [9.17, 15) is 4.79 Å². The van der Waals surface area contributed by atoms with Gasteiger partial charge in [0.1, 0.15) is 18.1 Å². The highest BCUT2D eigenvalue weighted by Crippen LogP contribution is 2.21. The van der Waals surface area contributed by atoms with Crippen LogP contribution in [0.1, 0.15) is 16.1 Å². The van der Waals surface area contributed by atoms with Crippen LogP contribution in [0.25, 0.3) is 10.8 Å². The molecule has 152 valence electrons. The van der Waals surface area contributed by atoms with Gasteiger partial charge in [0.15, 0.2) is 0 Å². The third-order valence-electron chi connectivity index (χ3n) is 4.68. The van der Waals surface area contributed by atoms with E-state index in [4.69, 9.17) is 14.2 Å². The number of rotatable bonds is 7. The zero-order valence-electron chi connectivity index (χ0n) is 16.9. The number of benzene rings is 3. The summed E-state index contributed by atoms with van der Waals surface area (Å²) in [5, 5.41) is 6.70. The second-order valence-corrected chi connectivity index (χ2v) is 6.82. The van der Waals surface area contributed by atoms with Gasteiger partial charge in [0.05, 0.1) is 24.9 Å². The van der Waals surface area contributed by atoms with E-state index < -0.39 is 5.97 Å². The Morgan fingerprint density at radius 2 is 1.67 bits per heavy atom. The summed E-state index contributed by atoms with van der Waals surface area (Å²) in [5.74, 6) is 1.40. The molecule has 0 saturated heterocycles. The Morgan fingerprint density at radius 1 is 0.933 bits per heavy atom. The van der Waals surface area contributed by atoms with E-state index in [2.05, 4.69) is 17.2 Å². The summed E-state index contributed by atoms with van der Waals surface area (Å²) in [6.45, 7) is 2.70. The fraction of sp³-hybridized carbons (Fsp3) is 0.167. The molecule has 0 fully saturated rings. The van der Waals surface area contributed by atoms with E-state index in [1.165, 1.54) is 5.39 Å². The Balaban J connectivity index is 1.40. The number of fused-ring (bicyclic) bond motifs is 1. The number of esters is 1. The van der Waals surface area contributed by atoms with Crippen molar-refractivity contribution >= 4 is 16.7 Å². The molecule has 0 N–H and O–H groups in total. The summed E-state index contributed by atoms with van der Waals surface area (Å²) < 4.78 is 18.2. The number of carbonyl (C=O) groups is 1. The van der Waals surface area contributed by atoms with Crippen molar-refractivity contribution in [2.24, 2.45) is 0 Å². The second kappa shape index (κ2) is 8.69. The molecule has 4 rings (SSSR count). The predicted octanol–water partition coefficient (Wildman–Crippen LogP) is 4.65. The summed E-state index contributed by atoms with van der Waals surface area (Å²) >= 11 is 0. The smallest absolute Gasteiger partial charge is 0.344 e. The molecule has 0 bridgehead atoms. The van der Waals surface area contributed by atoms with Crippen LogP contribution in [0.5, 0.6) is 17.4 Å². The van der Waals surface area contributed by atoms with Crippen LogP contribution in [0.2, 0.25) is 0 Å². The molecule has 3 aromatic carbocycles. The number of ether oxygens (including phenoxy) is 3. The zero-order chi connectivity index (χ0) is 20.9. The van der Waals surface area contributed by atoms with E-state index in [0.717, 1.165) is 16.8 Å². The van der Waals surface area contributed by atoms with Gasteiger partial charge in [-0.3, -0.25) is 0 Å². The molecule has 0 aliphatic carbocycles. The molecule has 1 aromatic heterocycles. The summed E-state index contributed by atoms with van der Waals surface area (Å²) in [5.41, 5.74) is 1.20. The highest BCUT2D eigenvalue weighted by atomic mass is 16.5. The molecule has 0 atom stereocenters. The molecule has 0 radical (unpaired) electrons. The number of hydrogen-bond acceptors (Lipinski definition) is 5. The number of methoxy groups -OCH3 is 1. The van der Waals surface area contributed by atoms with Gasteiger partial charge in [0, 0.05) is 6.07 Å². The van der Waals surface area contributed by atoms with Gasteiger partial charge in [0.2, 0.25) is 5.88 Å². The molecule has 0 amide bonds. The van der Waals surface area contributed by atoms with Crippen molar-refractivity contribution in [2.45, 2.75) is 13.5 Å². The Labute approximate surface area is 174 Å². The van der Waals surface area contributed by atoms with E-state index in [1.54, 1.807) is 42.1 Å². The van der Waals surface area contributed by atoms with Gasteiger partial charge in [-0.2, -0.15) is 5.10 Å². The van der Waals surface area contributed by atoms with E-state index in [0.29, 0.717) is 30.3 Å². The summed E-state index contributed by atoms with van der Waals surface area (Å²) in [6, 6.07) is 22.6. The van der Waals surface area contributed by atoms with Gasteiger partial charge < -0.3 is 14.2 Å². The van der Waals surface area contributed by atoms with Crippen LogP contribution < -0.4 is 14.2 Å². The molecule has 0 aliphatic rings. The van der Waals surface area contributed by atoms with Gasteiger partial charge in [0.25, 0.3) is 0 Å². The van der Waals surface area contributed by atoms with Crippen molar-refractivity contribution in [3.63, 3.8) is 0 Å². The first-order valence-electron chi connectivity index (χ1n) is 9.65. The monoisotopic (exact) mass is 402 g/mol. The molecular weight excluding hydrogens is 380 g/mol. The highest BCUT2D eigenvalue weighted by Gasteiger charge is 2.14. The predicted molar refractivity (Wildman–Crippen MR) is 114 cm³/mol. The third kappa shape index (κ3) is 4.43. The first-order valence-corrected chi connectivity index (χ1v) is 9.65. The molecule has 0 aliphatic heterocycles. The second-order valence-electron chi connectivity index (χ2n) is 6.82. The van der Waals surface area contributed by atoms with E-state index in [-0.39, 0.29) is 0 Å². The maximum atomic E-state index is 12.5. The standard InChI is InChI=1S/C24H22N2O4/c1-17-15-23(30-24(27)19-8-10-21(28-2)11-9-19)26(25-17)13-14-29-22-12-7-18-5-3-4-6-20(18)16-22/h3-12,15-16H,13-14H2,1-2H3. The van der Waals surface area contributed by atoms with Gasteiger partial charge in [-0.15, -0.1) is 0 Å². The number of carbonyl (C=O) groups excluding carboxylic acids is 1. The van der Waals surface area contributed by atoms with Crippen LogP contribution in [-0.4, -0.2) is 29.5 Å². The highest BCUT2D eigenvalue weighted by molar-refractivity contribution is 5.91. The van der Waals surface area contributed by atoms with Crippen molar-refractivity contribution in [1.29, 1.82) is 0 Å². The Kier molecular flexibility index (Phi) is 5.66. The maximum Gasteiger partial charge on any atom is 0.344 e. The fourth-order valence-electron chi connectivity index (χ4n) is 3.15. The topological polar surface area (TPSA) is 62.6 Å². The first kappa shape index (κ1) is 19.5. The number of hydrogen-bond donors (Lipinski definition) is 0. The summed E-state index contributed by atoms with van der Waals surface area (Å²) in [6.07, 6.45) is 0. The van der Waals surface area contributed by atoms with Crippen molar-refractivity contribution in [3.8, 4) is 17.4 Å². The van der Waals surface area contributed by atoms with E-state index >= 15 is 0 Å². The van der Waals surface area contributed by atoms with Crippen molar-refractivity contribution in [3.05, 3.63) is 84.1 Å². The molecular formula is C24H22N2O4. The quantitative estimate of drug-likeness (QED) is 0.421. The molecule has 4 aromatic rings. The minimum atomic E-state index is -0.450. The largest absolute Gasteiger partial charge is 0.497 e. The maximum absolute atomic E-state index is 12.5. The van der Waals surface area contributed by atoms with Crippen LogP contribution in [0, 0.1) is 6.92 Å². The minimum absolute atomic E-state index is 0.385. The Bertz CT molecular complexity index is 1170. The summed E-state index contributed by atoms with van der Waals surface area (Å²) in [4.78, 5) is 12.5. The average Bonchev–Trinajstić information content (AvgIpc) is 3.12. The van der Waals surface area contributed by atoms with Gasteiger partial charge >= 0.3 is 5.97 Å². The van der Waals surface area contributed by atoms with Crippen LogP contribution in [0.3, 0.4) is 0 Å². The third-order valence-corrected chi connectivity index (χ3v) is 4.68. The van der Waals surface area contributed by atoms with E-state index in [1.807, 2.05) is 37.3 Å². The minimum Gasteiger partial charge on any atom is -0.497 e. The molecule has 30 heavy (non-hydrogen) atoms. The van der Waals surface area contributed by atoms with Crippen LogP contribution >= 0.6 is 0 Å². The number of nitrogens with zero attached hydrogens (tertiary/aromatic N) is 2. The van der Waals surface area contributed by atoms with Crippen molar-refractivity contribution < 1.29 is 19.0 Å². The fourth-order valence-corrected chi connectivity index (χ4v) is 3.15. The van der Waals surface area contributed by atoms with Crippen molar-refractivity contribution in [2.75, 3.05) is 13.7 Å². The Morgan fingerprint density at radius 3 is 2.43 bits per heavy atom. The average molecular weight is 402 g/mol. The number of aryl methyl sites for hydroxylation is 1. The molecule has 0 saturated carbocycles. The SMILES string of the molecule is COc1ccc(C(=O)Oc2cc(C)nn2CCOc2ccc3ccccc3c2)cc1. The lowest BCUT2D eigenvalue weighted by molar-refractivity contribution is 0.0716. The lowest BCUT2D eigenvalue weighted by Gasteiger charge is -2.10. The first-order chi connectivity index (χ1) is 14.6. The van der Waals surface area contributed by atoms with Gasteiger partial charge in [-0.05, 0) is 54.1 Å². The molecule has 1 heterocycles. The lowest BCUT2D eigenvalue weighted by Crippen LogP contribution is -2.15. The number of aromatic nitrogens is 2. The normalized spacial score (nSPS) is 10.7. The van der Waals surface area contributed by atoms with Crippen LogP contribution in [0.15, 0.2) is 72.8 Å². The van der Waals surface area contributed by atoms with Crippen LogP contribution in [-0.2, 0) is 6.54 Å². The Hall–Kier alpha value is -3.80.